The molecule has 114 valence electrons. The van der Waals surface area contributed by atoms with Crippen LogP contribution >= 0.6 is 0 Å². The summed E-state index contributed by atoms with van der Waals surface area (Å²) in [4.78, 5) is 23.4. The fourth-order valence-corrected chi connectivity index (χ4v) is 2.02. The molecule has 0 spiro atoms. The van der Waals surface area contributed by atoms with Crippen molar-refractivity contribution in [2.45, 2.75) is 13.1 Å². The van der Waals surface area contributed by atoms with Gasteiger partial charge < -0.3 is 25.2 Å². The number of ether oxygens (including phenoxy) is 1. The second kappa shape index (κ2) is 5.86. The molecule has 1 amide bonds. The van der Waals surface area contributed by atoms with Gasteiger partial charge in [-0.3, -0.25) is 4.79 Å². The average Bonchev–Trinajstić information content (AvgIpc) is 3.17. The molecule has 0 bridgehead atoms. The molecule has 0 radical (unpaired) electrons. The first-order valence-electron chi connectivity index (χ1n) is 6.65. The summed E-state index contributed by atoms with van der Waals surface area (Å²) < 4.78 is 10.2. The van der Waals surface area contributed by atoms with Gasteiger partial charge in [0, 0.05) is 6.07 Å². The number of aromatic nitrogens is 3. The van der Waals surface area contributed by atoms with E-state index in [1.165, 1.54) is 6.26 Å². The summed E-state index contributed by atoms with van der Waals surface area (Å²) in [5.41, 5.74) is 7.22. The van der Waals surface area contributed by atoms with Gasteiger partial charge in [-0.1, -0.05) is 0 Å². The number of aromatic amines is 1. The Balaban J connectivity index is 1.69. The molecule has 0 atom stereocenters. The molecule has 0 saturated heterocycles. The monoisotopic (exact) mass is 301 g/mol. The van der Waals surface area contributed by atoms with Crippen molar-refractivity contribution in [1.82, 2.24) is 20.3 Å². The number of amides is 1. The zero-order valence-electron chi connectivity index (χ0n) is 11.9. The number of fused-ring (bicyclic) bond motifs is 1. The van der Waals surface area contributed by atoms with Gasteiger partial charge in [-0.2, -0.15) is 0 Å². The molecule has 4 N–H and O–H groups in total. The summed E-state index contributed by atoms with van der Waals surface area (Å²) in [6.45, 7) is 0.402. The minimum absolute atomic E-state index is 0.151. The maximum atomic E-state index is 11.9. The minimum atomic E-state index is -0.346. The quantitative estimate of drug-likeness (QED) is 0.645. The van der Waals surface area contributed by atoms with E-state index in [0.29, 0.717) is 11.7 Å². The first-order valence-corrected chi connectivity index (χ1v) is 6.65. The topological polar surface area (TPSA) is 119 Å². The Hall–Kier alpha value is -2.87. The number of nitrogens with two attached hydrogens (primary N) is 1. The zero-order chi connectivity index (χ0) is 15.5. The van der Waals surface area contributed by atoms with Gasteiger partial charge in [0.1, 0.15) is 17.8 Å². The van der Waals surface area contributed by atoms with Crippen LogP contribution in [0.15, 0.2) is 28.9 Å². The third-order valence-corrected chi connectivity index (χ3v) is 3.11. The van der Waals surface area contributed by atoms with Crippen LogP contribution in [0.5, 0.6) is 5.75 Å². The predicted octanol–water partition coefficient (Wildman–Crippen LogP) is 0.948. The first kappa shape index (κ1) is 14.1. The van der Waals surface area contributed by atoms with Crippen LogP contribution in [0.3, 0.4) is 0 Å². The van der Waals surface area contributed by atoms with E-state index in [-0.39, 0.29) is 24.7 Å². The molecule has 0 unspecified atom stereocenters. The number of nitrogens with one attached hydrogen (secondary N) is 2. The molecule has 8 heteroatoms. The van der Waals surface area contributed by atoms with Gasteiger partial charge in [0.2, 0.25) is 5.89 Å². The molecule has 8 nitrogen and oxygen atoms in total. The summed E-state index contributed by atoms with van der Waals surface area (Å²) in [6.07, 6.45) is 1.28. The van der Waals surface area contributed by atoms with Crippen molar-refractivity contribution in [3.63, 3.8) is 0 Å². The number of carbonyl (C=O) groups is 1. The number of rotatable bonds is 5. The molecule has 0 aliphatic carbocycles. The van der Waals surface area contributed by atoms with Crippen molar-refractivity contribution < 1.29 is 13.9 Å². The number of benzene rings is 1. The highest BCUT2D eigenvalue weighted by atomic mass is 16.5. The lowest BCUT2D eigenvalue weighted by Gasteiger charge is -1.99. The SMILES string of the molecule is COc1ccc2nc(CNC(=O)c3coc(CN)n3)[nH]c2c1. The van der Waals surface area contributed by atoms with Crippen LogP contribution < -0.4 is 15.8 Å². The molecule has 0 aliphatic rings. The molecule has 2 heterocycles. The number of nitrogens with zero attached hydrogens (tertiary/aromatic N) is 2. The highest BCUT2D eigenvalue weighted by molar-refractivity contribution is 5.91. The second-order valence-electron chi connectivity index (χ2n) is 4.58. The van der Waals surface area contributed by atoms with Crippen LogP contribution in [0.2, 0.25) is 0 Å². The number of H-pyrrole nitrogens is 1. The van der Waals surface area contributed by atoms with Gasteiger partial charge in [-0.25, -0.2) is 9.97 Å². The largest absolute Gasteiger partial charge is 0.497 e. The van der Waals surface area contributed by atoms with E-state index in [2.05, 4.69) is 20.3 Å². The van der Waals surface area contributed by atoms with Crippen molar-refractivity contribution >= 4 is 16.9 Å². The average molecular weight is 301 g/mol. The molecule has 3 rings (SSSR count). The third kappa shape index (κ3) is 2.77. The van der Waals surface area contributed by atoms with E-state index in [9.17, 15) is 4.79 Å². The van der Waals surface area contributed by atoms with E-state index in [1.54, 1.807) is 7.11 Å². The summed E-state index contributed by atoms with van der Waals surface area (Å²) in [6, 6.07) is 5.52. The van der Waals surface area contributed by atoms with Gasteiger partial charge in [0.15, 0.2) is 5.69 Å². The van der Waals surface area contributed by atoms with Crippen LogP contribution in [-0.4, -0.2) is 28.0 Å². The van der Waals surface area contributed by atoms with Crippen LogP contribution in [0.25, 0.3) is 11.0 Å². The Morgan fingerprint density at radius 2 is 2.32 bits per heavy atom. The lowest BCUT2D eigenvalue weighted by Crippen LogP contribution is -2.23. The molecule has 2 aromatic heterocycles. The number of hydrogen-bond donors (Lipinski definition) is 3. The number of methoxy groups -OCH3 is 1. The van der Waals surface area contributed by atoms with E-state index < -0.39 is 0 Å². The second-order valence-corrected chi connectivity index (χ2v) is 4.58. The standard InChI is InChI=1S/C14H15N5O3/c1-21-8-2-3-9-10(4-8)18-12(17-9)6-16-14(20)11-7-22-13(5-15)19-11/h2-4,7H,5-6,15H2,1H3,(H,16,20)(H,17,18). The number of carbonyl (C=O) groups excluding carboxylic acids is 1. The van der Waals surface area contributed by atoms with E-state index in [1.807, 2.05) is 18.2 Å². The van der Waals surface area contributed by atoms with E-state index >= 15 is 0 Å². The van der Waals surface area contributed by atoms with Gasteiger partial charge >= 0.3 is 0 Å². The van der Waals surface area contributed by atoms with Gasteiger partial charge in [-0.15, -0.1) is 0 Å². The number of imidazole rings is 1. The molecule has 0 aliphatic heterocycles. The van der Waals surface area contributed by atoms with Crippen LogP contribution in [0, 0.1) is 0 Å². The Kier molecular flexibility index (Phi) is 3.75. The summed E-state index contributed by atoms with van der Waals surface area (Å²) in [5.74, 6) is 1.35. The van der Waals surface area contributed by atoms with Gasteiger partial charge in [0.05, 0.1) is 31.2 Å². The van der Waals surface area contributed by atoms with Gasteiger partial charge in [-0.05, 0) is 12.1 Å². The number of hydrogen-bond acceptors (Lipinski definition) is 6. The normalized spacial score (nSPS) is 10.8. The Morgan fingerprint density at radius 3 is 3.05 bits per heavy atom. The van der Waals surface area contributed by atoms with Crippen LogP contribution in [0.1, 0.15) is 22.2 Å². The summed E-state index contributed by atoms with van der Waals surface area (Å²) >= 11 is 0. The fourth-order valence-electron chi connectivity index (χ4n) is 2.02. The van der Waals surface area contributed by atoms with Crippen molar-refractivity contribution in [1.29, 1.82) is 0 Å². The number of oxazole rings is 1. The summed E-state index contributed by atoms with van der Waals surface area (Å²) in [5, 5.41) is 2.71. The Morgan fingerprint density at radius 1 is 1.45 bits per heavy atom. The first-order chi connectivity index (χ1) is 10.7. The van der Waals surface area contributed by atoms with E-state index in [0.717, 1.165) is 16.8 Å². The molecule has 3 aromatic rings. The molecular weight excluding hydrogens is 286 g/mol. The van der Waals surface area contributed by atoms with Gasteiger partial charge in [0.25, 0.3) is 5.91 Å². The van der Waals surface area contributed by atoms with Crippen molar-refractivity contribution in [2.24, 2.45) is 5.73 Å². The maximum absolute atomic E-state index is 11.9. The Bertz CT molecular complexity index is 808. The summed E-state index contributed by atoms with van der Waals surface area (Å²) in [7, 11) is 1.60. The highest BCUT2D eigenvalue weighted by Crippen LogP contribution is 2.18. The van der Waals surface area contributed by atoms with Crippen molar-refractivity contribution in [3.8, 4) is 5.75 Å². The molecule has 0 saturated carbocycles. The smallest absolute Gasteiger partial charge is 0.273 e. The highest BCUT2D eigenvalue weighted by Gasteiger charge is 2.12. The van der Waals surface area contributed by atoms with Crippen LogP contribution in [-0.2, 0) is 13.1 Å². The lowest BCUT2D eigenvalue weighted by molar-refractivity contribution is 0.0945. The Labute approximate surface area is 125 Å². The van der Waals surface area contributed by atoms with Crippen molar-refractivity contribution in [3.05, 3.63) is 41.9 Å². The molecule has 22 heavy (non-hydrogen) atoms. The van der Waals surface area contributed by atoms with Crippen molar-refractivity contribution in [2.75, 3.05) is 7.11 Å². The zero-order valence-corrected chi connectivity index (χ0v) is 11.9. The predicted molar refractivity (Wildman–Crippen MR) is 78.2 cm³/mol. The molecule has 1 aromatic carbocycles. The molecular formula is C14H15N5O3. The van der Waals surface area contributed by atoms with E-state index in [4.69, 9.17) is 14.9 Å². The minimum Gasteiger partial charge on any atom is -0.497 e. The maximum Gasteiger partial charge on any atom is 0.273 e. The van der Waals surface area contributed by atoms with Crippen LogP contribution in [0.4, 0.5) is 0 Å². The lowest BCUT2D eigenvalue weighted by atomic mass is 10.3. The molecule has 0 fully saturated rings. The fraction of sp³-hybridized carbons (Fsp3) is 0.214. The third-order valence-electron chi connectivity index (χ3n) is 3.11.